The van der Waals surface area contributed by atoms with Crippen molar-refractivity contribution < 1.29 is 4.42 Å². The van der Waals surface area contributed by atoms with Gasteiger partial charge in [-0.3, -0.25) is 0 Å². The number of hydrogen-bond acceptors (Lipinski definition) is 3. The van der Waals surface area contributed by atoms with Gasteiger partial charge in [0.25, 0.3) is 0 Å². The van der Waals surface area contributed by atoms with Crippen molar-refractivity contribution in [2.75, 3.05) is 9.80 Å². The van der Waals surface area contributed by atoms with E-state index < -0.39 is 0 Å². The summed E-state index contributed by atoms with van der Waals surface area (Å²) in [4.78, 5) is 4.96. The molecule has 0 bridgehead atoms. The van der Waals surface area contributed by atoms with E-state index in [4.69, 9.17) is 4.42 Å². The van der Waals surface area contributed by atoms with Crippen LogP contribution >= 0.6 is 0 Å². The van der Waals surface area contributed by atoms with Crippen molar-refractivity contribution in [2.24, 2.45) is 0 Å². The first-order valence-electron chi connectivity index (χ1n) is 18.0. The minimum absolute atomic E-state index is 0.283. The van der Waals surface area contributed by atoms with E-state index in [1.54, 1.807) is 0 Å². The van der Waals surface area contributed by atoms with Crippen LogP contribution in [0.5, 0.6) is 0 Å². The highest BCUT2D eigenvalue weighted by Crippen LogP contribution is 2.53. The topological polar surface area (TPSA) is 19.6 Å². The highest BCUT2D eigenvalue weighted by atomic mass is 16.3. The Labute approximate surface area is 296 Å². The van der Waals surface area contributed by atoms with Crippen molar-refractivity contribution in [3.05, 3.63) is 186 Å². The first-order chi connectivity index (χ1) is 25.3. The first-order valence-corrected chi connectivity index (χ1v) is 18.0. The van der Waals surface area contributed by atoms with Crippen LogP contribution in [-0.4, -0.2) is 0 Å². The lowest BCUT2D eigenvalue weighted by Crippen LogP contribution is -2.23. The molecule has 1 aromatic heterocycles. The number of hydrogen-bond donors (Lipinski definition) is 0. The maximum Gasteiger partial charge on any atom is 0.159 e. The standard InChI is InChI=1S/C48H34N2O/c1-2-14-33(15-3-1)49-42-22-10-8-17-36(42)38-28-27-34(30-45(38)49)50(43-23-12-21-41-39-19-9-11-24-46(39)51-48(41)43)44-29-32-26-25-31-13-4-5-16-35(31)47(32)40-20-7-6-18-37(40)44/h1-6,8-19,21-27,29-30,38H,7,20,28H2. The van der Waals surface area contributed by atoms with Gasteiger partial charge in [0.05, 0.1) is 11.4 Å². The Morgan fingerprint density at radius 2 is 1.45 bits per heavy atom. The molecule has 1 unspecified atom stereocenters. The predicted octanol–water partition coefficient (Wildman–Crippen LogP) is 13.1. The van der Waals surface area contributed by atoms with E-state index >= 15 is 0 Å². The molecule has 0 spiro atoms. The van der Waals surface area contributed by atoms with E-state index in [1.807, 2.05) is 0 Å². The quantitative estimate of drug-likeness (QED) is 0.176. The summed E-state index contributed by atoms with van der Waals surface area (Å²) in [6, 6.07) is 50.6. The van der Waals surface area contributed by atoms with E-state index in [2.05, 4.69) is 174 Å². The van der Waals surface area contributed by atoms with E-state index in [0.29, 0.717) is 0 Å². The molecular formula is C48H34N2O. The average molecular weight is 655 g/mol. The number of aryl methyl sites for hydroxylation is 1. The van der Waals surface area contributed by atoms with Gasteiger partial charge >= 0.3 is 0 Å². The molecule has 0 radical (unpaired) electrons. The Balaban J connectivity index is 1.20. The van der Waals surface area contributed by atoms with Crippen LogP contribution in [0.15, 0.2) is 174 Å². The summed E-state index contributed by atoms with van der Waals surface area (Å²) in [6.45, 7) is 0. The molecule has 0 fully saturated rings. The van der Waals surface area contributed by atoms with Gasteiger partial charge < -0.3 is 14.2 Å². The zero-order chi connectivity index (χ0) is 33.5. The van der Waals surface area contributed by atoms with Gasteiger partial charge in [0.15, 0.2) is 5.58 Å². The fourth-order valence-electron chi connectivity index (χ4n) is 8.96. The first kappa shape index (κ1) is 28.5. The summed E-state index contributed by atoms with van der Waals surface area (Å²) in [5, 5.41) is 7.51. The lowest BCUT2D eigenvalue weighted by molar-refractivity contribution is 0.668. The van der Waals surface area contributed by atoms with Gasteiger partial charge in [-0.05, 0) is 94.4 Å². The Kier molecular flexibility index (Phi) is 6.20. The van der Waals surface area contributed by atoms with Crippen molar-refractivity contribution >= 4 is 72.3 Å². The van der Waals surface area contributed by atoms with Gasteiger partial charge in [0, 0.05) is 45.0 Å². The number of furan rings is 1. The molecule has 2 heterocycles. The van der Waals surface area contributed by atoms with Crippen LogP contribution in [-0.2, 0) is 6.42 Å². The van der Waals surface area contributed by atoms with Gasteiger partial charge in [-0.15, -0.1) is 0 Å². The molecule has 1 atom stereocenters. The van der Waals surface area contributed by atoms with E-state index in [0.717, 1.165) is 52.6 Å². The molecule has 11 rings (SSSR count). The summed E-state index contributed by atoms with van der Waals surface area (Å²) in [7, 11) is 0. The second kappa shape index (κ2) is 11.1. The monoisotopic (exact) mass is 654 g/mol. The number of anilines is 4. The van der Waals surface area contributed by atoms with Crippen molar-refractivity contribution in [3.63, 3.8) is 0 Å². The fourth-order valence-corrected chi connectivity index (χ4v) is 8.96. The lowest BCUT2D eigenvalue weighted by atomic mass is 9.86. The van der Waals surface area contributed by atoms with Gasteiger partial charge in [-0.1, -0.05) is 121 Å². The largest absolute Gasteiger partial charge is 0.454 e. The highest BCUT2D eigenvalue weighted by molar-refractivity contribution is 6.14. The van der Waals surface area contributed by atoms with Crippen LogP contribution in [0.2, 0.25) is 0 Å². The van der Waals surface area contributed by atoms with E-state index in [9.17, 15) is 0 Å². The van der Waals surface area contributed by atoms with Crippen LogP contribution < -0.4 is 9.80 Å². The minimum Gasteiger partial charge on any atom is -0.454 e. The van der Waals surface area contributed by atoms with Crippen LogP contribution in [0.1, 0.15) is 35.4 Å². The zero-order valence-corrected chi connectivity index (χ0v) is 28.1. The molecule has 1 aliphatic heterocycles. The number of rotatable bonds is 4. The van der Waals surface area contributed by atoms with Gasteiger partial charge in [0.2, 0.25) is 0 Å². The minimum atomic E-state index is 0.283. The zero-order valence-electron chi connectivity index (χ0n) is 28.1. The van der Waals surface area contributed by atoms with Crippen LogP contribution in [0.4, 0.5) is 22.7 Å². The summed E-state index contributed by atoms with van der Waals surface area (Å²) >= 11 is 0. The molecule has 3 heteroatoms. The second-order valence-electron chi connectivity index (χ2n) is 13.9. The molecule has 51 heavy (non-hydrogen) atoms. The molecule has 0 saturated heterocycles. The summed E-state index contributed by atoms with van der Waals surface area (Å²) < 4.78 is 6.78. The third-order valence-corrected chi connectivity index (χ3v) is 11.2. The maximum atomic E-state index is 6.78. The Morgan fingerprint density at radius 1 is 0.667 bits per heavy atom. The Morgan fingerprint density at radius 3 is 2.39 bits per heavy atom. The smallest absolute Gasteiger partial charge is 0.159 e. The van der Waals surface area contributed by atoms with Crippen molar-refractivity contribution in [1.29, 1.82) is 0 Å². The van der Waals surface area contributed by atoms with Crippen molar-refractivity contribution in [2.45, 2.75) is 25.2 Å². The molecule has 0 N–H and O–H groups in total. The molecule has 0 amide bonds. The lowest BCUT2D eigenvalue weighted by Gasteiger charge is -2.34. The van der Waals surface area contributed by atoms with E-state index in [1.165, 1.54) is 61.0 Å². The molecule has 3 aliphatic rings. The van der Waals surface area contributed by atoms with Crippen LogP contribution in [0.3, 0.4) is 0 Å². The third kappa shape index (κ3) is 4.25. The van der Waals surface area contributed by atoms with E-state index in [-0.39, 0.29) is 5.92 Å². The third-order valence-electron chi connectivity index (χ3n) is 11.2. The summed E-state index contributed by atoms with van der Waals surface area (Å²) in [5.41, 5.74) is 13.0. The molecule has 8 aromatic rings. The fraction of sp³-hybridized carbons (Fsp3) is 0.0833. The van der Waals surface area contributed by atoms with Crippen molar-refractivity contribution in [3.8, 4) is 0 Å². The summed E-state index contributed by atoms with van der Waals surface area (Å²) in [6.07, 6.45) is 12.5. The van der Waals surface area contributed by atoms with Crippen molar-refractivity contribution in [1.82, 2.24) is 0 Å². The Hall–Kier alpha value is -6.32. The molecule has 242 valence electrons. The number of allylic oxidation sites excluding steroid dienone is 4. The highest BCUT2D eigenvalue weighted by Gasteiger charge is 2.37. The SMILES string of the molecule is C1=Cc2c(N(C3=CCC4C(=C3)N(c3ccccc3)c3ccccc34)c3cccc4c3oc3ccccc34)cc3ccc4ccccc4c3c2CC1. The Bertz CT molecular complexity index is 2800. The van der Waals surface area contributed by atoms with Crippen LogP contribution in [0, 0.1) is 0 Å². The normalized spacial score (nSPS) is 16.3. The molecule has 0 saturated carbocycles. The number of fused-ring (bicyclic) bond motifs is 11. The predicted molar refractivity (Wildman–Crippen MR) is 213 cm³/mol. The number of nitrogens with zero attached hydrogens (tertiary/aromatic N) is 2. The molecule has 3 nitrogen and oxygen atoms in total. The molecular weight excluding hydrogens is 621 g/mol. The maximum absolute atomic E-state index is 6.78. The number of para-hydroxylation sites is 4. The summed E-state index contributed by atoms with van der Waals surface area (Å²) in [5.74, 6) is 0.283. The number of benzene rings is 7. The molecule has 7 aromatic carbocycles. The average Bonchev–Trinajstić information content (AvgIpc) is 3.74. The van der Waals surface area contributed by atoms with Gasteiger partial charge in [-0.25, -0.2) is 0 Å². The molecule has 2 aliphatic carbocycles. The van der Waals surface area contributed by atoms with Crippen LogP contribution in [0.25, 0.3) is 49.6 Å². The van der Waals surface area contributed by atoms with Gasteiger partial charge in [-0.2, -0.15) is 0 Å². The second-order valence-corrected chi connectivity index (χ2v) is 13.9. The van der Waals surface area contributed by atoms with Gasteiger partial charge in [0.1, 0.15) is 5.58 Å².